The lowest BCUT2D eigenvalue weighted by molar-refractivity contribution is 0.285. The Bertz CT molecular complexity index is 959. The quantitative estimate of drug-likeness (QED) is 0.720. The minimum absolute atomic E-state index is 0.0374. The highest BCUT2D eigenvalue weighted by molar-refractivity contribution is 7.18. The summed E-state index contributed by atoms with van der Waals surface area (Å²) >= 11 is 1.63. The Labute approximate surface area is 150 Å². The average molecular weight is 355 g/mol. The maximum atomic E-state index is 12.8. The van der Waals surface area contributed by atoms with Crippen LogP contribution in [0.2, 0.25) is 0 Å². The van der Waals surface area contributed by atoms with E-state index in [2.05, 4.69) is 17.2 Å². The van der Waals surface area contributed by atoms with E-state index in [9.17, 15) is 4.79 Å². The number of benzene rings is 1. The molecule has 5 nitrogen and oxygen atoms in total. The SMILES string of the molecule is Cc1ccc(OCCn2nnc3sc4c(c3c2=O)CC[C@H](C)C4)cc1. The topological polar surface area (TPSA) is 57.0 Å². The number of nitrogens with zero attached hydrogens (tertiary/aromatic N) is 3. The summed E-state index contributed by atoms with van der Waals surface area (Å²) in [5, 5.41) is 9.16. The number of rotatable bonds is 4. The van der Waals surface area contributed by atoms with Crippen LogP contribution in [-0.2, 0) is 19.4 Å². The summed E-state index contributed by atoms with van der Waals surface area (Å²) in [6, 6.07) is 7.88. The van der Waals surface area contributed by atoms with Crippen LogP contribution >= 0.6 is 11.3 Å². The highest BCUT2D eigenvalue weighted by atomic mass is 32.1. The maximum Gasteiger partial charge on any atom is 0.278 e. The number of hydrogen-bond donors (Lipinski definition) is 0. The molecule has 4 rings (SSSR count). The van der Waals surface area contributed by atoms with Gasteiger partial charge in [-0.25, -0.2) is 4.68 Å². The van der Waals surface area contributed by atoms with Gasteiger partial charge in [0.05, 0.1) is 11.9 Å². The Kier molecular flexibility index (Phi) is 4.29. The van der Waals surface area contributed by atoms with E-state index in [1.807, 2.05) is 31.2 Å². The van der Waals surface area contributed by atoms with Gasteiger partial charge in [0.25, 0.3) is 5.56 Å². The van der Waals surface area contributed by atoms with Gasteiger partial charge in [-0.15, -0.1) is 16.4 Å². The maximum absolute atomic E-state index is 12.8. The van der Waals surface area contributed by atoms with Crippen LogP contribution in [0.4, 0.5) is 0 Å². The zero-order chi connectivity index (χ0) is 17.4. The molecule has 0 amide bonds. The Morgan fingerprint density at radius 1 is 1.32 bits per heavy atom. The first-order valence-corrected chi connectivity index (χ1v) is 9.51. The van der Waals surface area contributed by atoms with Gasteiger partial charge in [-0.2, -0.15) is 0 Å². The van der Waals surface area contributed by atoms with E-state index in [4.69, 9.17) is 4.74 Å². The Morgan fingerprint density at radius 3 is 2.92 bits per heavy atom. The predicted molar refractivity (Wildman–Crippen MR) is 99.5 cm³/mol. The Hall–Kier alpha value is -2.21. The fourth-order valence-corrected chi connectivity index (χ4v) is 4.64. The van der Waals surface area contributed by atoms with Gasteiger partial charge in [0.2, 0.25) is 0 Å². The van der Waals surface area contributed by atoms with Crippen molar-refractivity contribution >= 4 is 21.6 Å². The molecule has 0 spiro atoms. The van der Waals surface area contributed by atoms with Crippen molar-refractivity contribution in [3.05, 3.63) is 50.6 Å². The van der Waals surface area contributed by atoms with Crippen LogP contribution in [0.15, 0.2) is 29.1 Å². The van der Waals surface area contributed by atoms with E-state index in [1.165, 1.54) is 20.7 Å². The number of thiophene rings is 1. The largest absolute Gasteiger partial charge is 0.492 e. The second-order valence-electron chi connectivity index (χ2n) is 6.81. The molecular formula is C19H21N3O2S. The third-order valence-electron chi connectivity index (χ3n) is 4.78. The van der Waals surface area contributed by atoms with Crippen molar-refractivity contribution in [2.75, 3.05) is 6.61 Å². The molecule has 1 aliphatic rings. The number of aryl methyl sites for hydroxylation is 2. The van der Waals surface area contributed by atoms with Crippen LogP contribution in [0, 0.1) is 12.8 Å². The Balaban J connectivity index is 1.55. The Morgan fingerprint density at radius 2 is 2.12 bits per heavy atom. The van der Waals surface area contributed by atoms with E-state index in [1.54, 1.807) is 11.3 Å². The van der Waals surface area contributed by atoms with E-state index in [0.717, 1.165) is 35.2 Å². The van der Waals surface area contributed by atoms with Crippen molar-refractivity contribution in [1.82, 2.24) is 15.0 Å². The summed E-state index contributed by atoms with van der Waals surface area (Å²) in [5.41, 5.74) is 2.35. The molecule has 0 saturated heterocycles. The van der Waals surface area contributed by atoms with Crippen molar-refractivity contribution in [3.63, 3.8) is 0 Å². The number of fused-ring (bicyclic) bond motifs is 3. The summed E-state index contributed by atoms with van der Waals surface area (Å²) in [5.74, 6) is 1.48. The first kappa shape index (κ1) is 16.3. The van der Waals surface area contributed by atoms with Crippen LogP contribution < -0.4 is 10.3 Å². The van der Waals surface area contributed by atoms with E-state index in [0.29, 0.717) is 19.1 Å². The molecule has 1 aliphatic carbocycles. The standard InChI is InChI=1S/C19H21N3O2S/c1-12-3-6-14(7-4-12)24-10-9-22-19(23)17-15-8-5-13(2)11-16(15)25-18(17)20-21-22/h3-4,6-7,13H,5,8-11H2,1-2H3/t13-/m0/s1. The predicted octanol–water partition coefficient (Wildman–Crippen LogP) is 3.37. The lowest BCUT2D eigenvalue weighted by Crippen LogP contribution is -2.27. The normalized spacial score (nSPS) is 16.8. The number of ether oxygens (including phenoxy) is 1. The summed E-state index contributed by atoms with van der Waals surface area (Å²) in [7, 11) is 0. The lowest BCUT2D eigenvalue weighted by Gasteiger charge is -2.17. The molecule has 0 N–H and O–H groups in total. The van der Waals surface area contributed by atoms with Crippen LogP contribution in [0.5, 0.6) is 5.75 Å². The van der Waals surface area contributed by atoms with Gasteiger partial charge in [-0.1, -0.05) is 29.8 Å². The molecule has 2 heterocycles. The van der Waals surface area contributed by atoms with Gasteiger partial charge >= 0.3 is 0 Å². The highest BCUT2D eigenvalue weighted by Gasteiger charge is 2.23. The molecule has 0 bridgehead atoms. The molecule has 2 aromatic heterocycles. The first-order chi connectivity index (χ1) is 12.1. The highest BCUT2D eigenvalue weighted by Crippen LogP contribution is 2.35. The molecule has 25 heavy (non-hydrogen) atoms. The van der Waals surface area contributed by atoms with Gasteiger partial charge in [0.1, 0.15) is 12.4 Å². The second-order valence-corrected chi connectivity index (χ2v) is 7.89. The first-order valence-electron chi connectivity index (χ1n) is 8.69. The number of aromatic nitrogens is 3. The molecule has 0 fully saturated rings. The van der Waals surface area contributed by atoms with Crippen molar-refractivity contribution in [2.45, 2.75) is 39.7 Å². The van der Waals surface area contributed by atoms with Crippen LogP contribution in [0.1, 0.15) is 29.3 Å². The van der Waals surface area contributed by atoms with Gasteiger partial charge in [0, 0.05) is 4.88 Å². The van der Waals surface area contributed by atoms with Crippen molar-refractivity contribution in [2.24, 2.45) is 5.92 Å². The van der Waals surface area contributed by atoms with Crippen LogP contribution in [0.3, 0.4) is 0 Å². The minimum Gasteiger partial charge on any atom is -0.492 e. The third kappa shape index (κ3) is 3.18. The fraction of sp³-hybridized carbons (Fsp3) is 0.421. The molecule has 1 aromatic carbocycles. The van der Waals surface area contributed by atoms with Gasteiger partial charge in [-0.3, -0.25) is 4.79 Å². The zero-order valence-electron chi connectivity index (χ0n) is 14.5. The summed E-state index contributed by atoms with van der Waals surface area (Å²) < 4.78 is 7.15. The molecule has 0 saturated carbocycles. The summed E-state index contributed by atoms with van der Waals surface area (Å²) in [6.45, 7) is 5.10. The zero-order valence-corrected chi connectivity index (χ0v) is 15.3. The van der Waals surface area contributed by atoms with Crippen LogP contribution in [-0.4, -0.2) is 21.6 Å². The van der Waals surface area contributed by atoms with Crippen molar-refractivity contribution in [1.29, 1.82) is 0 Å². The van der Waals surface area contributed by atoms with Crippen LogP contribution in [0.25, 0.3) is 10.2 Å². The van der Waals surface area contributed by atoms with E-state index in [-0.39, 0.29) is 5.56 Å². The van der Waals surface area contributed by atoms with Gasteiger partial charge < -0.3 is 4.74 Å². The number of hydrogen-bond acceptors (Lipinski definition) is 5. The molecule has 3 aromatic rings. The monoisotopic (exact) mass is 355 g/mol. The van der Waals surface area contributed by atoms with Crippen molar-refractivity contribution in [3.8, 4) is 5.75 Å². The minimum atomic E-state index is -0.0374. The molecule has 6 heteroatoms. The molecule has 0 aliphatic heterocycles. The molecule has 0 radical (unpaired) electrons. The third-order valence-corrected chi connectivity index (χ3v) is 5.92. The van der Waals surface area contributed by atoms with Gasteiger partial charge in [-0.05, 0) is 49.8 Å². The van der Waals surface area contributed by atoms with Gasteiger partial charge in [0.15, 0.2) is 4.83 Å². The summed E-state index contributed by atoms with van der Waals surface area (Å²) in [6.07, 6.45) is 3.15. The van der Waals surface area contributed by atoms with E-state index >= 15 is 0 Å². The average Bonchev–Trinajstić information content (AvgIpc) is 2.97. The smallest absolute Gasteiger partial charge is 0.278 e. The summed E-state index contributed by atoms with van der Waals surface area (Å²) in [4.78, 5) is 14.9. The molecule has 1 atom stereocenters. The second kappa shape index (κ2) is 6.59. The molecular weight excluding hydrogens is 334 g/mol. The molecule has 0 unspecified atom stereocenters. The van der Waals surface area contributed by atoms with Crippen molar-refractivity contribution < 1.29 is 4.74 Å². The lowest BCUT2D eigenvalue weighted by atomic mass is 9.89. The van der Waals surface area contributed by atoms with E-state index < -0.39 is 0 Å². The molecule has 130 valence electrons. The fourth-order valence-electron chi connectivity index (χ4n) is 3.32.